The van der Waals surface area contributed by atoms with Gasteiger partial charge >= 0.3 is 6.09 Å². The van der Waals surface area contributed by atoms with Gasteiger partial charge < -0.3 is 10.1 Å². The Hall–Kier alpha value is -3.22. The first-order valence-electron chi connectivity index (χ1n) is 7.56. The maximum Gasteiger partial charge on any atom is 0.408 e. The van der Waals surface area contributed by atoms with E-state index in [-0.39, 0.29) is 6.61 Å². The lowest BCUT2D eigenvalue weighted by atomic mass is 10.1. The second-order valence-electron chi connectivity index (χ2n) is 5.22. The number of tetrazole rings is 1. The van der Waals surface area contributed by atoms with Crippen LogP contribution in [0, 0.1) is 0 Å². The van der Waals surface area contributed by atoms with E-state index >= 15 is 0 Å². The Morgan fingerprint density at radius 3 is 2.33 bits per heavy atom. The van der Waals surface area contributed by atoms with Crippen molar-refractivity contribution in [1.82, 2.24) is 25.9 Å². The third-order valence-electron chi connectivity index (χ3n) is 3.46. The number of aromatic amines is 1. The van der Waals surface area contributed by atoms with Gasteiger partial charge in [0.2, 0.25) is 0 Å². The van der Waals surface area contributed by atoms with Crippen molar-refractivity contribution < 1.29 is 9.53 Å². The molecule has 2 aromatic carbocycles. The van der Waals surface area contributed by atoms with Crippen LogP contribution in [0.15, 0.2) is 60.7 Å². The zero-order chi connectivity index (χ0) is 16.6. The van der Waals surface area contributed by atoms with Crippen LogP contribution in [-0.4, -0.2) is 26.7 Å². The summed E-state index contributed by atoms with van der Waals surface area (Å²) in [6.07, 6.45) is 0.0189. The average Bonchev–Trinajstić information content (AvgIpc) is 3.16. The summed E-state index contributed by atoms with van der Waals surface area (Å²) in [5.74, 6) is 0.413. The zero-order valence-corrected chi connectivity index (χ0v) is 12.9. The van der Waals surface area contributed by atoms with E-state index in [0.717, 1.165) is 11.1 Å². The first kappa shape index (κ1) is 15.7. The molecule has 0 aliphatic rings. The summed E-state index contributed by atoms with van der Waals surface area (Å²) in [7, 11) is 0. The molecule has 122 valence electrons. The van der Waals surface area contributed by atoms with E-state index in [1.54, 1.807) is 0 Å². The van der Waals surface area contributed by atoms with E-state index in [1.807, 2.05) is 60.7 Å². The number of hydrogen-bond donors (Lipinski definition) is 2. The number of carbonyl (C=O) groups excluding carboxylic acids is 1. The first-order valence-corrected chi connectivity index (χ1v) is 7.56. The number of aromatic nitrogens is 4. The molecule has 3 aromatic rings. The van der Waals surface area contributed by atoms with E-state index in [2.05, 4.69) is 25.9 Å². The lowest BCUT2D eigenvalue weighted by Crippen LogP contribution is -2.31. The van der Waals surface area contributed by atoms with Crippen LogP contribution < -0.4 is 5.32 Å². The van der Waals surface area contributed by atoms with Crippen molar-refractivity contribution in [2.24, 2.45) is 0 Å². The number of nitrogens with one attached hydrogen (secondary N) is 2. The highest BCUT2D eigenvalue weighted by Gasteiger charge is 2.20. The van der Waals surface area contributed by atoms with E-state index in [1.165, 1.54) is 0 Å². The molecule has 7 nitrogen and oxygen atoms in total. The van der Waals surface area contributed by atoms with Crippen LogP contribution in [0.5, 0.6) is 0 Å². The molecule has 0 unspecified atom stereocenters. The van der Waals surface area contributed by atoms with Gasteiger partial charge in [0, 0.05) is 6.42 Å². The van der Waals surface area contributed by atoms with Crippen molar-refractivity contribution in [3.8, 4) is 0 Å². The van der Waals surface area contributed by atoms with Crippen molar-refractivity contribution >= 4 is 6.09 Å². The number of H-pyrrole nitrogens is 1. The molecule has 3 rings (SSSR count). The van der Waals surface area contributed by atoms with Crippen LogP contribution in [0.3, 0.4) is 0 Å². The van der Waals surface area contributed by atoms with Gasteiger partial charge in [-0.05, 0) is 11.1 Å². The standard InChI is InChI=1S/C17H17N5O2/c23-17(24-12-14-9-5-2-6-10-14)18-15(16-19-21-22-20-16)11-13-7-3-1-4-8-13/h1-10,15H,11-12H2,(H,18,23)(H,19,20,21,22)/t15-/m1/s1. The summed E-state index contributed by atoms with van der Waals surface area (Å²) < 4.78 is 5.26. The summed E-state index contributed by atoms with van der Waals surface area (Å²) in [4.78, 5) is 12.1. The monoisotopic (exact) mass is 323 g/mol. The van der Waals surface area contributed by atoms with Crippen LogP contribution >= 0.6 is 0 Å². The normalized spacial score (nSPS) is 11.7. The van der Waals surface area contributed by atoms with Gasteiger partial charge in [-0.2, -0.15) is 5.21 Å². The minimum absolute atomic E-state index is 0.205. The molecule has 0 saturated heterocycles. The lowest BCUT2D eigenvalue weighted by Gasteiger charge is -2.15. The first-order chi connectivity index (χ1) is 11.8. The van der Waals surface area contributed by atoms with E-state index in [4.69, 9.17) is 4.74 Å². The van der Waals surface area contributed by atoms with Gasteiger partial charge in [-0.15, -0.1) is 10.2 Å². The van der Waals surface area contributed by atoms with E-state index in [0.29, 0.717) is 12.2 Å². The van der Waals surface area contributed by atoms with E-state index < -0.39 is 12.1 Å². The third-order valence-corrected chi connectivity index (χ3v) is 3.46. The Morgan fingerprint density at radius 2 is 1.71 bits per heavy atom. The fourth-order valence-electron chi connectivity index (χ4n) is 2.28. The molecule has 2 N–H and O–H groups in total. The zero-order valence-electron chi connectivity index (χ0n) is 12.9. The molecule has 24 heavy (non-hydrogen) atoms. The molecular weight excluding hydrogens is 306 g/mol. The van der Waals surface area contributed by atoms with Crippen LogP contribution in [-0.2, 0) is 17.8 Å². The summed E-state index contributed by atoms with van der Waals surface area (Å²) >= 11 is 0. The Balaban J connectivity index is 1.62. The van der Waals surface area contributed by atoms with Gasteiger partial charge in [0.15, 0.2) is 5.82 Å². The number of carbonyl (C=O) groups is 1. The van der Waals surface area contributed by atoms with E-state index in [9.17, 15) is 4.79 Å². The predicted octanol–water partition coefficient (Wildman–Crippen LogP) is 2.41. The molecule has 0 bridgehead atoms. The van der Waals surface area contributed by atoms with Gasteiger partial charge in [-0.1, -0.05) is 65.9 Å². The van der Waals surface area contributed by atoms with Gasteiger partial charge in [0.05, 0.1) is 0 Å². The highest BCUT2D eigenvalue weighted by Crippen LogP contribution is 2.14. The summed E-state index contributed by atoms with van der Waals surface area (Å²) in [6, 6.07) is 18.9. The molecule has 1 aromatic heterocycles. The minimum atomic E-state index is -0.524. The third kappa shape index (κ3) is 4.39. The molecule has 0 aliphatic carbocycles. The Labute approximate surface area is 139 Å². The second kappa shape index (κ2) is 7.87. The molecule has 0 fully saturated rings. The van der Waals surface area contributed by atoms with Crippen molar-refractivity contribution in [2.75, 3.05) is 0 Å². The van der Waals surface area contributed by atoms with Gasteiger partial charge in [0.1, 0.15) is 12.6 Å². The van der Waals surface area contributed by atoms with Gasteiger partial charge in [-0.3, -0.25) is 0 Å². The van der Waals surface area contributed by atoms with Crippen molar-refractivity contribution in [3.05, 3.63) is 77.6 Å². The maximum atomic E-state index is 12.1. The maximum absolute atomic E-state index is 12.1. The molecule has 0 aliphatic heterocycles. The Morgan fingerprint density at radius 1 is 1.04 bits per heavy atom. The smallest absolute Gasteiger partial charge is 0.408 e. The molecule has 0 saturated carbocycles. The highest BCUT2D eigenvalue weighted by molar-refractivity contribution is 5.67. The van der Waals surface area contributed by atoms with Crippen molar-refractivity contribution in [2.45, 2.75) is 19.1 Å². The van der Waals surface area contributed by atoms with Crippen LogP contribution in [0.25, 0.3) is 0 Å². The Kier molecular flexibility index (Phi) is 5.14. The average molecular weight is 323 g/mol. The van der Waals surface area contributed by atoms with Crippen LogP contribution in [0.4, 0.5) is 4.79 Å². The summed E-state index contributed by atoms with van der Waals surface area (Å²) in [6.45, 7) is 0.205. The summed E-state index contributed by atoms with van der Waals surface area (Å²) in [5, 5.41) is 16.7. The second-order valence-corrected chi connectivity index (χ2v) is 5.22. The molecule has 0 spiro atoms. The molecule has 1 atom stereocenters. The number of rotatable bonds is 6. The number of hydrogen-bond acceptors (Lipinski definition) is 5. The topological polar surface area (TPSA) is 92.8 Å². The molecular formula is C17H17N5O2. The van der Waals surface area contributed by atoms with Crippen LogP contribution in [0.2, 0.25) is 0 Å². The number of nitrogens with zero attached hydrogens (tertiary/aromatic N) is 3. The van der Waals surface area contributed by atoms with Crippen molar-refractivity contribution in [3.63, 3.8) is 0 Å². The fraction of sp³-hybridized carbons (Fsp3) is 0.176. The number of ether oxygens (including phenoxy) is 1. The predicted molar refractivity (Wildman–Crippen MR) is 86.8 cm³/mol. The van der Waals surface area contributed by atoms with Crippen LogP contribution in [0.1, 0.15) is 23.0 Å². The lowest BCUT2D eigenvalue weighted by molar-refractivity contribution is 0.135. The molecule has 1 heterocycles. The SMILES string of the molecule is O=C(N[C@H](Cc1ccccc1)c1nn[nH]n1)OCc1ccccc1. The minimum Gasteiger partial charge on any atom is -0.445 e. The molecule has 0 radical (unpaired) electrons. The molecule has 1 amide bonds. The quantitative estimate of drug-likeness (QED) is 0.726. The summed E-state index contributed by atoms with van der Waals surface area (Å²) in [5.41, 5.74) is 1.97. The fourth-order valence-corrected chi connectivity index (χ4v) is 2.28. The van der Waals surface area contributed by atoms with Gasteiger partial charge in [0.25, 0.3) is 0 Å². The van der Waals surface area contributed by atoms with Crippen molar-refractivity contribution in [1.29, 1.82) is 0 Å². The highest BCUT2D eigenvalue weighted by atomic mass is 16.5. The number of amides is 1. The number of benzene rings is 2. The molecule has 7 heteroatoms. The largest absolute Gasteiger partial charge is 0.445 e. The van der Waals surface area contributed by atoms with Gasteiger partial charge in [-0.25, -0.2) is 4.79 Å². The number of alkyl carbamates (subject to hydrolysis) is 1. The Bertz CT molecular complexity index is 747.